The Morgan fingerprint density at radius 1 is 0.926 bits per heavy atom. The molecule has 0 aliphatic carbocycles. The molecule has 1 aliphatic heterocycles. The molecule has 144 valence electrons. The summed E-state index contributed by atoms with van der Waals surface area (Å²) < 4.78 is 26.8. The van der Waals surface area contributed by atoms with Gasteiger partial charge in [0.05, 0.1) is 11.4 Å². The zero-order valence-electron chi connectivity index (χ0n) is 15.5. The van der Waals surface area contributed by atoms with E-state index in [9.17, 15) is 13.2 Å². The van der Waals surface area contributed by atoms with E-state index in [4.69, 9.17) is 0 Å². The molecule has 0 spiro atoms. The molecular formula is C20H25N3O3S. The molecule has 0 radical (unpaired) electrons. The number of rotatable bonds is 6. The van der Waals surface area contributed by atoms with Gasteiger partial charge in [-0.25, -0.2) is 8.42 Å². The average molecular weight is 388 g/mol. The van der Waals surface area contributed by atoms with Crippen LogP contribution < -0.4 is 4.90 Å². The zero-order valence-corrected chi connectivity index (χ0v) is 16.3. The Labute approximate surface area is 161 Å². The van der Waals surface area contributed by atoms with E-state index in [0.29, 0.717) is 13.1 Å². The van der Waals surface area contributed by atoms with E-state index in [1.165, 1.54) is 4.31 Å². The van der Waals surface area contributed by atoms with E-state index >= 15 is 0 Å². The molecule has 1 aliphatic rings. The summed E-state index contributed by atoms with van der Waals surface area (Å²) in [6, 6.07) is 18.4. The summed E-state index contributed by atoms with van der Waals surface area (Å²) in [6.07, 6.45) is 0. The van der Waals surface area contributed by atoms with Crippen molar-refractivity contribution in [1.29, 1.82) is 0 Å². The number of amides is 1. The number of hydrogen-bond acceptors (Lipinski definition) is 4. The summed E-state index contributed by atoms with van der Waals surface area (Å²) in [6.45, 7) is 4.56. The van der Waals surface area contributed by atoms with E-state index < -0.39 is 10.0 Å². The molecule has 2 aromatic rings. The molecule has 0 saturated carbocycles. The highest BCUT2D eigenvalue weighted by atomic mass is 32.2. The number of benzene rings is 2. The van der Waals surface area contributed by atoms with Crippen molar-refractivity contribution in [3.8, 4) is 0 Å². The number of hydrogen-bond donors (Lipinski definition) is 0. The van der Waals surface area contributed by atoms with Crippen molar-refractivity contribution in [2.75, 3.05) is 44.2 Å². The molecule has 2 aromatic carbocycles. The van der Waals surface area contributed by atoms with Crippen LogP contribution in [0.25, 0.3) is 0 Å². The van der Waals surface area contributed by atoms with Crippen molar-refractivity contribution in [3.63, 3.8) is 0 Å². The largest absolute Gasteiger partial charge is 0.368 e. The van der Waals surface area contributed by atoms with Crippen molar-refractivity contribution in [2.24, 2.45) is 0 Å². The van der Waals surface area contributed by atoms with Crippen molar-refractivity contribution < 1.29 is 13.2 Å². The number of likely N-dealkylation sites (N-methyl/N-ethyl adjacent to an activating group) is 1. The van der Waals surface area contributed by atoms with Crippen LogP contribution in [-0.4, -0.2) is 62.8 Å². The third-order valence-corrected chi connectivity index (χ3v) is 6.73. The summed E-state index contributed by atoms with van der Waals surface area (Å²) >= 11 is 0. The summed E-state index contributed by atoms with van der Waals surface area (Å²) in [5.41, 5.74) is 1.14. The van der Waals surface area contributed by atoms with Crippen LogP contribution in [0.3, 0.4) is 0 Å². The number of sulfonamides is 1. The molecule has 7 heteroatoms. The van der Waals surface area contributed by atoms with Crippen molar-refractivity contribution in [1.82, 2.24) is 9.21 Å². The minimum Gasteiger partial charge on any atom is -0.368 e. The third-order valence-electron chi connectivity index (χ3n) is 4.80. The summed E-state index contributed by atoms with van der Waals surface area (Å²) in [4.78, 5) is 16.9. The lowest BCUT2D eigenvalue weighted by molar-refractivity contribution is -0.131. The minimum atomic E-state index is -3.66. The van der Waals surface area contributed by atoms with Crippen molar-refractivity contribution in [3.05, 3.63) is 60.7 Å². The fourth-order valence-electron chi connectivity index (χ4n) is 3.21. The van der Waals surface area contributed by atoms with E-state index in [0.717, 1.165) is 18.8 Å². The Bertz CT molecular complexity index is 849. The first-order valence-corrected chi connectivity index (χ1v) is 10.6. The zero-order chi connectivity index (χ0) is 19.3. The number of anilines is 1. The molecule has 3 rings (SSSR count). The number of nitrogens with zero attached hydrogens (tertiary/aromatic N) is 3. The molecule has 1 amide bonds. The van der Waals surface area contributed by atoms with Crippen LogP contribution >= 0.6 is 0 Å². The highest BCUT2D eigenvalue weighted by Crippen LogP contribution is 2.17. The van der Waals surface area contributed by atoms with Crippen LogP contribution in [0.15, 0.2) is 65.6 Å². The van der Waals surface area contributed by atoms with Crippen molar-refractivity contribution >= 4 is 21.6 Å². The van der Waals surface area contributed by atoms with E-state index in [1.54, 1.807) is 42.2 Å². The fourth-order valence-corrected chi connectivity index (χ4v) is 4.63. The second-order valence-corrected chi connectivity index (χ2v) is 8.39. The molecular weight excluding hydrogens is 362 g/mol. The monoisotopic (exact) mass is 387 g/mol. The first-order chi connectivity index (χ1) is 13.0. The molecule has 1 saturated heterocycles. The molecule has 0 aromatic heterocycles. The van der Waals surface area contributed by atoms with Crippen LogP contribution in [0.4, 0.5) is 5.69 Å². The Hall–Kier alpha value is -2.38. The second-order valence-electron chi connectivity index (χ2n) is 6.45. The van der Waals surface area contributed by atoms with Gasteiger partial charge in [-0.2, -0.15) is 4.31 Å². The third kappa shape index (κ3) is 4.48. The molecule has 1 fully saturated rings. The molecule has 1 heterocycles. The average Bonchev–Trinajstić information content (AvgIpc) is 2.73. The van der Waals surface area contributed by atoms with Crippen LogP contribution in [0.2, 0.25) is 0 Å². The molecule has 6 nitrogen and oxygen atoms in total. The Morgan fingerprint density at radius 2 is 1.48 bits per heavy atom. The first kappa shape index (κ1) is 19.4. The highest BCUT2D eigenvalue weighted by molar-refractivity contribution is 7.89. The number of carbonyl (C=O) groups excluding carboxylic acids is 1. The highest BCUT2D eigenvalue weighted by Gasteiger charge is 2.28. The predicted octanol–water partition coefficient (Wildman–Crippen LogP) is 2.05. The van der Waals surface area contributed by atoms with Gasteiger partial charge >= 0.3 is 0 Å². The van der Waals surface area contributed by atoms with E-state index in [-0.39, 0.29) is 23.9 Å². The Balaban J connectivity index is 1.61. The van der Waals surface area contributed by atoms with Gasteiger partial charge in [0.1, 0.15) is 0 Å². The first-order valence-electron chi connectivity index (χ1n) is 9.15. The van der Waals surface area contributed by atoms with Crippen LogP contribution in [-0.2, 0) is 14.8 Å². The lowest BCUT2D eigenvalue weighted by Gasteiger charge is -2.36. The van der Waals surface area contributed by atoms with Crippen LogP contribution in [0, 0.1) is 0 Å². The van der Waals surface area contributed by atoms with Gasteiger partial charge in [-0.05, 0) is 24.3 Å². The maximum atomic E-state index is 12.8. The normalized spacial score (nSPS) is 15.2. The number of piperazine rings is 1. The standard InChI is InChI=1S/C20H25N3O3S/c1-2-23(27(25,26)19-11-7-4-8-12-19)17-20(24)22-15-13-21(14-16-22)18-9-5-3-6-10-18/h3-12H,2,13-17H2,1H3. The summed E-state index contributed by atoms with van der Waals surface area (Å²) in [5, 5.41) is 0. The smallest absolute Gasteiger partial charge is 0.243 e. The predicted molar refractivity (Wildman–Crippen MR) is 106 cm³/mol. The second kappa shape index (κ2) is 8.54. The lowest BCUT2D eigenvalue weighted by Crippen LogP contribution is -2.51. The van der Waals surface area contributed by atoms with Crippen molar-refractivity contribution in [2.45, 2.75) is 11.8 Å². The maximum absolute atomic E-state index is 12.8. The summed E-state index contributed by atoms with van der Waals surface area (Å²) in [5.74, 6) is -0.149. The van der Waals surface area contributed by atoms with E-state index in [1.807, 2.05) is 18.2 Å². The molecule has 0 N–H and O–H groups in total. The van der Waals surface area contributed by atoms with Gasteiger partial charge in [0, 0.05) is 38.4 Å². The topological polar surface area (TPSA) is 60.9 Å². The number of para-hydroxylation sites is 1. The van der Waals surface area contributed by atoms with Gasteiger partial charge in [-0.3, -0.25) is 4.79 Å². The van der Waals surface area contributed by atoms with Gasteiger partial charge in [-0.15, -0.1) is 0 Å². The maximum Gasteiger partial charge on any atom is 0.243 e. The molecule has 0 unspecified atom stereocenters. The Kier molecular flexibility index (Phi) is 6.13. The molecule has 27 heavy (non-hydrogen) atoms. The van der Waals surface area contributed by atoms with Crippen LogP contribution in [0.1, 0.15) is 6.92 Å². The fraction of sp³-hybridized carbons (Fsp3) is 0.350. The van der Waals surface area contributed by atoms with Gasteiger partial charge in [0.2, 0.25) is 15.9 Å². The van der Waals surface area contributed by atoms with Gasteiger partial charge in [0.25, 0.3) is 0 Å². The Morgan fingerprint density at radius 3 is 2.04 bits per heavy atom. The molecule has 0 atom stereocenters. The van der Waals surface area contributed by atoms with E-state index in [2.05, 4.69) is 17.0 Å². The van der Waals surface area contributed by atoms with Crippen LogP contribution in [0.5, 0.6) is 0 Å². The minimum absolute atomic E-state index is 0.126. The summed E-state index contributed by atoms with van der Waals surface area (Å²) in [7, 11) is -3.66. The molecule has 0 bridgehead atoms. The quantitative estimate of drug-likeness (QED) is 0.761. The van der Waals surface area contributed by atoms with Gasteiger partial charge in [-0.1, -0.05) is 43.3 Å². The SMILES string of the molecule is CCN(CC(=O)N1CCN(c2ccccc2)CC1)S(=O)(=O)c1ccccc1. The van der Waals surface area contributed by atoms with Gasteiger partial charge in [0.15, 0.2) is 0 Å². The lowest BCUT2D eigenvalue weighted by atomic mass is 10.2. The number of carbonyl (C=O) groups is 1. The van der Waals surface area contributed by atoms with Gasteiger partial charge < -0.3 is 9.80 Å².